The second-order valence-electron chi connectivity index (χ2n) is 30.2. The predicted octanol–water partition coefficient (Wildman–Crippen LogP) is 25.7. The maximum Gasteiger partial charge on any atom is 0.472 e. The monoisotopic (exact) mass is 1510 g/mol. The van der Waals surface area contributed by atoms with Crippen molar-refractivity contribution in [1.82, 2.24) is 0 Å². The number of hydrogen-bond donors (Lipinski definition) is 3. The van der Waals surface area contributed by atoms with Crippen molar-refractivity contribution in [3.8, 4) is 0 Å². The number of aliphatic hydroxyl groups excluding tert-OH is 1. The van der Waals surface area contributed by atoms with Gasteiger partial charge in [-0.3, -0.25) is 37.3 Å². The van der Waals surface area contributed by atoms with E-state index < -0.39 is 97.5 Å². The lowest BCUT2D eigenvalue weighted by molar-refractivity contribution is -0.161. The minimum absolute atomic E-state index is 0.109. The fourth-order valence-electron chi connectivity index (χ4n) is 13.2. The van der Waals surface area contributed by atoms with Gasteiger partial charge in [0.25, 0.3) is 0 Å². The highest BCUT2D eigenvalue weighted by molar-refractivity contribution is 7.47. The van der Waals surface area contributed by atoms with Crippen LogP contribution in [0.5, 0.6) is 0 Å². The minimum Gasteiger partial charge on any atom is -0.462 e. The molecule has 0 spiro atoms. The van der Waals surface area contributed by atoms with Gasteiger partial charge in [0.2, 0.25) is 0 Å². The van der Waals surface area contributed by atoms with Gasteiger partial charge in [0.05, 0.1) is 26.4 Å². The molecule has 0 rings (SSSR count). The lowest BCUT2D eigenvalue weighted by Crippen LogP contribution is -2.30. The summed E-state index contributed by atoms with van der Waals surface area (Å²) < 4.78 is 68.8. The van der Waals surface area contributed by atoms with Gasteiger partial charge in [-0.15, -0.1) is 0 Å². The zero-order valence-corrected chi connectivity index (χ0v) is 69.1. The Hall–Kier alpha value is -1.94. The molecule has 0 aromatic carbocycles. The van der Waals surface area contributed by atoms with Gasteiger partial charge in [-0.05, 0) is 25.7 Å². The molecule has 3 N–H and O–H groups in total. The molecule has 0 aliphatic rings. The molecule has 0 aliphatic heterocycles. The second kappa shape index (κ2) is 78.2. The van der Waals surface area contributed by atoms with E-state index in [0.29, 0.717) is 25.7 Å². The van der Waals surface area contributed by atoms with Gasteiger partial charge in [-0.25, -0.2) is 9.13 Å². The fourth-order valence-corrected chi connectivity index (χ4v) is 14.7. The van der Waals surface area contributed by atoms with Crippen LogP contribution in [-0.4, -0.2) is 96.7 Å². The molecule has 0 fully saturated rings. The molecule has 0 aromatic heterocycles. The number of phosphoric acid groups is 2. The Morgan fingerprint density at radius 3 is 0.573 bits per heavy atom. The van der Waals surface area contributed by atoms with E-state index >= 15 is 0 Å². The summed E-state index contributed by atoms with van der Waals surface area (Å²) in [6, 6.07) is 0. The van der Waals surface area contributed by atoms with Crippen LogP contribution in [0.2, 0.25) is 0 Å². The van der Waals surface area contributed by atoms with E-state index in [1.54, 1.807) is 0 Å². The summed E-state index contributed by atoms with van der Waals surface area (Å²) >= 11 is 0. The van der Waals surface area contributed by atoms with Crippen molar-refractivity contribution < 1.29 is 80.2 Å². The van der Waals surface area contributed by atoms with Gasteiger partial charge in [-0.2, -0.15) is 0 Å². The normalized spacial score (nSPS) is 13.7. The highest BCUT2D eigenvalue weighted by Gasteiger charge is 2.30. The molecule has 0 saturated carbocycles. The molecule has 0 bridgehead atoms. The summed E-state index contributed by atoms with van der Waals surface area (Å²) in [7, 11) is -9.92. The van der Waals surface area contributed by atoms with E-state index in [4.69, 9.17) is 37.0 Å². The molecular weight excluding hydrogens is 1340 g/mol. The molecule has 612 valence electrons. The topological polar surface area (TPSA) is 237 Å². The molecule has 2 unspecified atom stereocenters. The average Bonchev–Trinajstić information content (AvgIpc) is 1.19. The number of carbonyl (C=O) groups is 4. The Morgan fingerprint density at radius 2 is 0.388 bits per heavy atom. The van der Waals surface area contributed by atoms with Crippen molar-refractivity contribution >= 4 is 39.5 Å². The van der Waals surface area contributed by atoms with E-state index in [1.807, 2.05) is 0 Å². The summed E-state index contributed by atoms with van der Waals surface area (Å²) in [6.45, 7) is 5.04. The first kappa shape index (κ1) is 101. The summed E-state index contributed by atoms with van der Waals surface area (Å²) in [6.07, 6.45) is 72.2. The Bertz CT molecular complexity index is 1950. The third kappa shape index (κ3) is 78.0. The zero-order chi connectivity index (χ0) is 75.3. The predicted molar refractivity (Wildman–Crippen MR) is 423 cm³/mol. The van der Waals surface area contributed by atoms with Crippen LogP contribution in [0.15, 0.2) is 0 Å². The highest BCUT2D eigenvalue weighted by atomic mass is 31.2. The minimum atomic E-state index is -4.96. The van der Waals surface area contributed by atoms with Crippen LogP contribution in [0.1, 0.15) is 458 Å². The first-order chi connectivity index (χ1) is 50.2. The molecule has 0 aliphatic carbocycles. The standard InChI is InChI=1S/C84H164O17P2/c1-5-9-13-17-21-25-29-32-35-37-39-41-43-45-48-51-55-59-63-67-71-84(89)101-80(75-95-82(87)69-65-61-57-53-49-47-44-42-40-38-36-33-30-26-22-18-14-10-6-2)77-99-103(92,93)97-73-78(85)72-96-102(90,91)98-76-79(74-94-81(86)68-64-60-56-52-28-24-20-16-12-8-4)100-83(88)70-66-62-58-54-50-46-34-31-27-23-19-15-11-7-3/h78-80,85H,5-77H2,1-4H3,(H,90,91)(H,92,93)/t78-,79+,80+/m0/s1. The van der Waals surface area contributed by atoms with Crippen LogP contribution in [0.4, 0.5) is 0 Å². The molecule has 0 saturated heterocycles. The van der Waals surface area contributed by atoms with Crippen LogP contribution in [0.3, 0.4) is 0 Å². The van der Waals surface area contributed by atoms with Gasteiger partial charge >= 0.3 is 39.5 Å². The van der Waals surface area contributed by atoms with Crippen molar-refractivity contribution in [3.05, 3.63) is 0 Å². The summed E-state index contributed by atoms with van der Waals surface area (Å²) in [5, 5.41) is 10.7. The number of rotatable bonds is 85. The van der Waals surface area contributed by atoms with Crippen LogP contribution >= 0.6 is 15.6 Å². The number of carbonyl (C=O) groups excluding carboxylic acids is 4. The fraction of sp³-hybridized carbons (Fsp3) is 0.952. The average molecular weight is 1510 g/mol. The number of unbranched alkanes of at least 4 members (excludes halogenated alkanes) is 59. The molecule has 0 amide bonds. The molecular formula is C84H164O17P2. The summed E-state index contributed by atoms with van der Waals surface area (Å²) in [4.78, 5) is 73.1. The van der Waals surface area contributed by atoms with E-state index in [1.165, 1.54) is 289 Å². The molecule has 0 radical (unpaired) electrons. The number of aliphatic hydroxyl groups is 1. The maximum atomic E-state index is 13.1. The van der Waals surface area contributed by atoms with Crippen molar-refractivity contribution in [2.75, 3.05) is 39.6 Å². The van der Waals surface area contributed by atoms with Crippen molar-refractivity contribution in [3.63, 3.8) is 0 Å². The first-order valence-corrected chi connectivity index (χ1v) is 46.8. The molecule has 103 heavy (non-hydrogen) atoms. The third-order valence-electron chi connectivity index (χ3n) is 19.9. The maximum absolute atomic E-state index is 13.1. The first-order valence-electron chi connectivity index (χ1n) is 43.8. The van der Waals surface area contributed by atoms with Crippen LogP contribution in [0.25, 0.3) is 0 Å². The van der Waals surface area contributed by atoms with Crippen LogP contribution in [-0.2, 0) is 65.4 Å². The largest absolute Gasteiger partial charge is 0.472 e. The Morgan fingerprint density at radius 1 is 0.233 bits per heavy atom. The molecule has 19 heteroatoms. The van der Waals surface area contributed by atoms with Crippen molar-refractivity contribution in [2.24, 2.45) is 0 Å². The third-order valence-corrected chi connectivity index (χ3v) is 21.8. The van der Waals surface area contributed by atoms with Gasteiger partial charge in [0.1, 0.15) is 19.3 Å². The van der Waals surface area contributed by atoms with Gasteiger partial charge in [-0.1, -0.05) is 407 Å². The molecule has 0 aromatic rings. The molecule has 5 atom stereocenters. The van der Waals surface area contributed by atoms with E-state index in [9.17, 15) is 43.2 Å². The lowest BCUT2D eigenvalue weighted by atomic mass is 10.0. The molecule has 0 heterocycles. The number of phosphoric ester groups is 2. The Labute approximate surface area is 632 Å². The smallest absolute Gasteiger partial charge is 0.462 e. The summed E-state index contributed by atoms with van der Waals surface area (Å²) in [5.41, 5.74) is 0. The number of ether oxygens (including phenoxy) is 4. The van der Waals surface area contributed by atoms with Gasteiger partial charge in [0.15, 0.2) is 12.2 Å². The Balaban J connectivity index is 5.22. The van der Waals surface area contributed by atoms with Crippen LogP contribution < -0.4 is 0 Å². The van der Waals surface area contributed by atoms with E-state index in [0.717, 1.165) is 89.9 Å². The lowest BCUT2D eigenvalue weighted by Gasteiger charge is -2.21. The quantitative estimate of drug-likeness (QED) is 0.0222. The van der Waals surface area contributed by atoms with Crippen molar-refractivity contribution in [1.29, 1.82) is 0 Å². The van der Waals surface area contributed by atoms with Gasteiger partial charge < -0.3 is 33.8 Å². The number of esters is 4. The molecule has 17 nitrogen and oxygen atoms in total. The van der Waals surface area contributed by atoms with E-state index in [2.05, 4.69) is 27.7 Å². The Kier molecular flexibility index (Phi) is 76.7. The highest BCUT2D eigenvalue weighted by Crippen LogP contribution is 2.45. The van der Waals surface area contributed by atoms with E-state index in [-0.39, 0.29) is 25.7 Å². The summed E-state index contributed by atoms with van der Waals surface area (Å²) in [5.74, 6) is -2.10. The van der Waals surface area contributed by atoms with Crippen LogP contribution in [0, 0.1) is 0 Å². The number of hydrogen-bond acceptors (Lipinski definition) is 15. The van der Waals surface area contributed by atoms with Crippen molar-refractivity contribution in [2.45, 2.75) is 476 Å². The second-order valence-corrected chi connectivity index (χ2v) is 33.1. The van der Waals surface area contributed by atoms with Gasteiger partial charge in [0, 0.05) is 25.7 Å². The SMILES string of the molecule is CCCCCCCCCCCCCCCCCCCCCCC(=O)O[C@H](COC(=O)CCCCCCCCCCCCCCCCCCCCC)COP(=O)(O)OC[C@@H](O)COP(=O)(O)OC[C@@H](COC(=O)CCCCCCCCCCCC)OC(=O)CCCCCCCCCCCCCCCC. The zero-order valence-electron chi connectivity index (χ0n) is 67.3.